The summed E-state index contributed by atoms with van der Waals surface area (Å²) in [5, 5.41) is 14.1. The maximum atomic E-state index is 14.2. The summed E-state index contributed by atoms with van der Waals surface area (Å²) in [7, 11) is 1.67. The molecule has 1 atom stereocenters. The van der Waals surface area contributed by atoms with E-state index in [1.165, 1.54) is 0 Å². The van der Waals surface area contributed by atoms with Gasteiger partial charge in [-0.25, -0.2) is 0 Å². The average molecular weight is 559 g/mol. The molecule has 1 aromatic heterocycles. The number of fused-ring (bicyclic) bond motifs is 1. The second-order valence-electron chi connectivity index (χ2n) is 10.5. The lowest BCUT2D eigenvalue weighted by Gasteiger charge is -2.38. The van der Waals surface area contributed by atoms with Crippen LogP contribution >= 0.6 is 24.0 Å². The largest absolute Gasteiger partial charge is 0.490 e. The Morgan fingerprint density at radius 1 is 1.30 bits per heavy atom. The van der Waals surface area contributed by atoms with E-state index in [1.807, 2.05) is 41.5 Å². The van der Waals surface area contributed by atoms with E-state index < -0.39 is 11.4 Å². The first-order valence-electron chi connectivity index (χ1n) is 12.8. The zero-order valence-corrected chi connectivity index (χ0v) is 24.1. The number of amides is 1. The number of halogens is 2. The quantitative estimate of drug-likeness (QED) is 0.347. The van der Waals surface area contributed by atoms with Gasteiger partial charge in [-0.05, 0) is 66.0 Å². The van der Waals surface area contributed by atoms with E-state index in [0.717, 1.165) is 49.7 Å². The molecule has 1 aromatic carbocycles. The highest BCUT2D eigenvalue weighted by Gasteiger charge is 2.34. The van der Waals surface area contributed by atoms with E-state index >= 15 is 0 Å². The molecule has 0 saturated carbocycles. The number of methoxy groups -OCH3 is 1. The number of ether oxygens (including phenoxy) is 2. The molecule has 10 heteroatoms. The van der Waals surface area contributed by atoms with Crippen molar-refractivity contribution in [3.05, 3.63) is 28.9 Å². The van der Waals surface area contributed by atoms with Crippen molar-refractivity contribution in [2.75, 3.05) is 33.4 Å². The van der Waals surface area contributed by atoms with Gasteiger partial charge in [0.15, 0.2) is 0 Å². The van der Waals surface area contributed by atoms with Gasteiger partial charge in [0, 0.05) is 44.3 Å². The molecule has 8 nitrogen and oxygen atoms in total. The number of rotatable bonds is 12. The van der Waals surface area contributed by atoms with Crippen molar-refractivity contribution in [1.82, 2.24) is 14.8 Å². The number of carbonyl (C=O) groups is 2. The molecule has 0 spiro atoms. The zero-order valence-electron chi connectivity index (χ0n) is 22.5. The number of para-hydroxylation sites is 1. The highest BCUT2D eigenvalue weighted by Crippen LogP contribution is 2.38. The number of hydrogen-bond acceptors (Lipinski definition) is 5. The number of unbranched alkanes of at least 4 members (excludes halogenated alkanes) is 1. The number of aliphatic carboxylic acids is 1. The summed E-state index contributed by atoms with van der Waals surface area (Å²) in [6.07, 6.45) is 3.58. The summed E-state index contributed by atoms with van der Waals surface area (Å²) in [6, 6.07) is 5.62. The van der Waals surface area contributed by atoms with Gasteiger partial charge in [0.2, 0.25) is 0 Å². The molecule has 1 saturated heterocycles. The molecule has 1 fully saturated rings. The van der Waals surface area contributed by atoms with E-state index in [0.29, 0.717) is 29.6 Å². The van der Waals surface area contributed by atoms with Crippen molar-refractivity contribution in [2.24, 2.45) is 5.41 Å². The maximum absolute atomic E-state index is 14.2. The molecule has 0 unspecified atom stereocenters. The standard InChI is InChI=1S/C27H40ClN3O5.ClH/c1-18(2)31(19-10-9-13-29-16-19)25(32)24-22(28)20-11-8-12-21(36-17-27(3,4)26(33)34)23(20)30(24)14-6-7-15-35-5;/h8,11-12,18-19,29H,6-7,9-10,13-17H2,1-5H3,(H,33,34);1H/t19-;/m1./s1. The number of benzene rings is 1. The normalized spacial score (nSPS) is 16.0. The van der Waals surface area contributed by atoms with Crippen LogP contribution in [0.5, 0.6) is 5.75 Å². The minimum absolute atomic E-state index is 0. The van der Waals surface area contributed by atoms with Crippen LogP contribution < -0.4 is 10.1 Å². The fourth-order valence-corrected chi connectivity index (χ4v) is 5.07. The first kappa shape index (κ1) is 31.2. The molecular weight excluding hydrogens is 517 g/mol. The summed E-state index contributed by atoms with van der Waals surface area (Å²) >= 11 is 6.94. The Labute approximate surface area is 231 Å². The van der Waals surface area contributed by atoms with Crippen molar-refractivity contribution >= 4 is 46.8 Å². The number of carboxylic acids is 1. The van der Waals surface area contributed by atoms with Crippen molar-refractivity contribution in [3.8, 4) is 5.75 Å². The monoisotopic (exact) mass is 557 g/mol. The number of nitrogens with zero attached hydrogens (tertiary/aromatic N) is 2. The van der Waals surface area contributed by atoms with Crippen LogP contribution in [0.4, 0.5) is 0 Å². The topological polar surface area (TPSA) is 93.0 Å². The van der Waals surface area contributed by atoms with E-state index in [2.05, 4.69) is 5.32 Å². The lowest BCUT2D eigenvalue weighted by atomic mass is 9.95. The van der Waals surface area contributed by atoms with E-state index in [1.54, 1.807) is 21.0 Å². The van der Waals surface area contributed by atoms with Gasteiger partial charge in [-0.3, -0.25) is 9.59 Å². The number of piperidine rings is 1. The van der Waals surface area contributed by atoms with Gasteiger partial charge in [-0.2, -0.15) is 0 Å². The number of hydrogen-bond donors (Lipinski definition) is 2. The number of nitrogens with one attached hydrogen (secondary N) is 1. The van der Waals surface area contributed by atoms with Crippen molar-refractivity contribution in [1.29, 1.82) is 0 Å². The molecule has 0 radical (unpaired) electrons. The molecule has 2 N–H and O–H groups in total. The van der Waals surface area contributed by atoms with Gasteiger partial charge in [-0.15, -0.1) is 12.4 Å². The summed E-state index contributed by atoms with van der Waals surface area (Å²) in [4.78, 5) is 27.7. The van der Waals surface area contributed by atoms with Crippen LogP contribution in [0.15, 0.2) is 18.2 Å². The smallest absolute Gasteiger partial charge is 0.312 e. The lowest BCUT2D eigenvalue weighted by Crippen LogP contribution is -2.52. The van der Waals surface area contributed by atoms with Crippen molar-refractivity contribution < 1.29 is 24.2 Å². The Morgan fingerprint density at radius 3 is 2.62 bits per heavy atom. The second kappa shape index (κ2) is 13.7. The summed E-state index contributed by atoms with van der Waals surface area (Å²) in [5.74, 6) is -0.513. The Bertz CT molecular complexity index is 1060. The maximum Gasteiger partial charge on any atom is 0.312 e. The first-order valence-corrected chi connectivity index (χ1v) is 13.2. The SMILES string of the molecule is COCCCCn1c(C(=O)N(C(C)C)[C@@H]2CCCNC2)c(Cl)c2cccc(OCC(C)(C)C(=O)O)c21.Cl. The predicted molar refractivity (Wildman–Crippen MR) is 149 cm³/mol. The third-order valence-corrected chi connectivity index (χ3v) is 7.17. The summed E-state index contributed by atoms with van der Waals surface area (Å²) < 4.78 is 13.3. The van der Waals surface area contributed by atoms with Crippen LogP contribution in [-0.2, 0) is 16.1 Å². The van der Waals surface area contributed by atoms with Crippen LogP contribution in [0.2, 0.25) is 5.02 Å². The summed E-state index contributed by atoms with van der Waals surface area (Å²) in [6.45, 7) is 10.2. The predicted octanol–water partition coefficient (Wildman–Crippen LogP) is 5.24. The zero-order chi connectivity index (χ0) is 26.5. The van der Waals surface area contributed by atoms with Gasteiger partial charge >= 0.3 is 5.97 Å². The van der Waals surface area contributed by atoms with Crippen LogP contribution in [0.1, 0.15) is 63.9 Å². The Hall–Kier alpha value is -2.00. The molecule has 1 aliphatic heterocycles. The molecule has 1 aliphatic rings. The Kier molecular flexibility index (Phi) is 11.6. The minimum Gasteiger partial charge on any atom is -0.490 e. The van der Waals surface area contributed by atoms with E-state index in [4.69, 9.17) is 21.1 Å². The van der Waals surface area contributed by atoms with E-state index in [-0.39, 0.29) is 37.0 Å². The van der Waals surface area contributed by atoms with Crippen molar-refractivity contribution in [2.45, 2.75) is 72.0 Å². The molecule has 37 heavy (non-hydrogen) atoms. The lowest BCUT2D eigenvalue weighted by molar-refractivity contribution is -0.148. The molecule has 3 rings (SSSR count). The fourth-order valence-electron chi connectivity index (χ4n) is 4.74. The molecule has 2 heterocycles. The highest BCUT2D eigenvalue weighted by atomic mass is 35.5. The Balaban J connectivity index is 0.00000481. The van der Waals surface area contributed by atoms with Crippen molar-refractivity contribution in [3.63, 3.8) is 0 Å². The number of carbonyl (C=O) groups excluding carboxylic acids is 1. The molecule has 0 bridgehead atoms. The first-order chi connectivity index (χ1) is 17.1. The van der Waals surface area contributed by atoms with Gasteiger partial charge in [0.05, 0.1) is 16.0 Å². The number of aromatic nitrogens is 1. The van der Waals surface area contributed by atoms with Gasteiger partial charge in [0.1, 0.15) is 18.1 Å². The summed E-state index contributed by atoms with van der Waals surface area (Å²) in [5.41, 5.74) is 0.106. The average Bonchev–Trinajstić information content (AvgIpc) is 3.13. The van der Waals surface area contributed by atoms with Gasteiger partial charge in [-0.1, -0.05) is 23.7 Å². The Morgan fingerprint density at radius 2 is 2.03 bits per heavy atom. The van der Waals surface area contributed by atoms with Crippen LogP contribution in [0, 0.1) is 5.41 Å². The second-order valence-corrected chi connectivity index (χ2v) is 10.8. The van der Waals surface area contributed by atoms with Crippen LogP contribution in [-0.4, -0.2) is 71.9 Å². The molecule has 2 aromatic rings. The molecule has 0 aliphatic carbocycles. The highest BCUT2D eigenvalue weighted by molar-refractivity contribution is 6.39. The fraction of sp³-hybridized carbons (Fsp3) is 0.630. The third-order valence-electron chi connectivity index (χ3n) is 6.79. The van der Waals surface area contributed by atoms with Crippen LogP contribution in [0.3, 0.4) is 0 Å². The van der Waals surface area contributed by atoms with Crippen LogP contribution in [0.25, 0.3) is 10.9 Å². The van der Waals surface area contributed by atoms with E-state index in [9.17, 15) is 14.7 Å². The minimum atomic E-state index is -1.07. The van der Waals surface area contributed by atoms with Gasteiger partial charge in [0.25, 0.3) is 5.91 Å². The third kappa shape index (κ3) is 7.11. The number of aryl methyl sites for hydroxylation is 1. The molecular formula is C27H41Cl2N3O5. The van der Waals surface area contributed by atoms with Gasteiger partial charge < -0.3 is 29.4 Å². The molecule has 1 amide bonds. The number of carboxylic acid groups (broad SMARTS) is 1. The molecule has 208 valence electrons.